The summed E-state index contributed by atoms with van der Waals surface area (Å²) in [5.41, 5.74) is 0. The fourth-order valence-electron chi connectivity index (χ4n) is 3.29. The van der Waals surface area contributed by atoms with Gasteiger partial charge in [-0.05, 0) is 50.2 Å². The predicted octanol–water partition coefficient (Wildman–Crippen LogP) is 1.96. The quantitative estimate of drug-likeness (QED) is 0.662. The van der Waals surface area contributed by atoms with Crippen LogP contribution in [0, 0.1) is 22.3 Å². The summed E-state index contributed by atoms with van der Waals surface area (Å²) in [5, 5.41) is 9.54. The molecule has 2 heterocycles. The van der Waals surface area contributed by atoms with E-state index in [0.29, 0.717) is 23.2 Å². The van der Waals surface area contributed by atoms with Crippen molar-refractivity contribution in [3.8, 4) is 0 Å². The Hall–Kier alpha value is -2.18. The van der Waals surface area contributed by atoms with Gasteiger partial charge in [0.2, 0.25) is 15.9 Å². The molecule has 0 saturated carbocycles. The standard InChI is InChI=1S/C17H21F2N5O3S2/c1-2-24-15(21-22-17(24)28)10-20-16(25)11-5-7-23(8-6-11)29(26,27)14-9-12(18)3-4-13(14)19/h3-4,9,11H,2,5-8,10H2,1H3,(H,20,25)(H,22,28). The Morgan fingerprint density at radius 3 is 2.69 bits per heavy atom. The lowest BCUT2D eigenvalue weighted by atomic mass is 9.97. The van der Waals surface area contributed by atoms with Crippen molar-refractivity contribution < 1.29 is 22.0 Å². The van der Waals surface area contributed by atoms with E-state index in [9.17, 15) is 22.0 Å². The highest BCUT2D eigenvalue weighted by atomic mass is 32.2. The number of piperidine rings is 1. The second-order valence-electron chi connectivity index (χ2n) is 6.66. The minimum Gasteiger partial charge on any atom is -0.349 e. The molecule has 1 amide bonds. The molecule has 2 aromatic rings. The van der Waals surface area contributed by atoms with Gasteiger partial charge in [-0.15, -0.1) is 0 Å². The third kappa shape index (κ3) is 4.54. The summed E-state index contributed by atoms with van der Waals surface area (Å²) in [7, 11) is -4.17. The van der Waals surface area contributed by atoms with Gasteiger partial charge in [-0.25, -0.2) is 17.2 Å². The Labute approximate surface area is 172 Å². The van der Waals surface area contributed by atoms with Gasteiger partial charge in [-0.2, -0.15) is 9.40 Å². The van der Waals surface area contributed by atoms with Gasteiger partial charge in [0.05, 0.1) is 6.54 Å². The highest BCUT2D eigenvalue weighted by Crippen LogP contribution is 2.26. The van der Waals surface area contributed by atoms with Crippen LogP contribution in [0.15, 0.2) is 23.1 Å². The van der Waals surface area contributed by atoms with Crippen LogP contribution in [0.25, 0.3) is 0 Å². The number of amides is 1. The number of carbonyl (C=O) groups is 1. The van der Waals surface area contributed by atoms with E-state index < -0.39 is 26.6 Å². The first-order chi connectivity index (χ1) is 13.7. The third-order valence-corrected chi connectivity index (χ3v) is 7.14. The number of hydrogen-bond acceptors (Lipinski definition) is 5. The van der Waals surface area contributed by atoms with E-state index in [2.05, 4.69) is 15.5 Å². The van der Waals surface area contributed by atoms with Crippen LogP contribution in [-0.4, -0.2) is 46.5 Å². The summed E-state index contributed by atoms with van der Waals surface area (Å²) in [5.74, 6) is -1.82. The Morgan fingerprint density at radius 1 is 1.34 bits per heavy atom. The van der Waals surface area contributed by atoms with Gasteiger partial charge < -0.3 is 9.88 Å². The maximum absolute atomic E-state index is 13.9. The fraction of sp³-hybridized carbons (Fsp3) is 0.471. The van der Waals surface area contributed by atoms with Crippen LogP contribution in [0.3, 0.4) is 0 Å². The second-order valence-corrected chi connectivity index (χ2v) is 8.95. The Kier molecular flexibility index (Phi) is 6.44. The number of aromatic amines is 1. The average molecular weight is 446 g/mol. The first-order valence-corrected chi connectivity index (χ1v) is 11.0. The highest BCUT2D eigenvalue weighted by Gasteiger charge is 2.33. The van der Waals surface area contributed by atoms with E-state index in [0.717, 1.165) is 16.4 Å². The van der Waals surface area contributed by atoms with Crippen molar-refractivity contribution in [1.29, 1.82) is 0 Å². The van der Waals surface area contributed by atoms with Crippen LogP contribution in [0.1, 0.15) is 25.6 Å². The van der Waals surface area contributed by atoms with Crippen LogP contribution in [-0.2, 0) is 27.9 Å². The monoisotopic (exact) mass is 445 g/mol. The van der Waals surface area contributed by atoms with E-state index in [1.807, 2.05) is 6.92 Å². The minimum absolute atomic E-state index is 0.0457. The molecule has 158 valence electrons. The molecule has 0 unspecified atom stereocenters. The number of nitrogens with zero attached hydrogens (tertiary/aromatic N) is 3. The maximum Gasteiger partial charge on any atom is 0.246 e. The Bertz CT molecular complexity index is 1060. The van der Waals surface area contributed by atoms with Crippen molar-refractivity contribution in [2.24, 2.45) is 5.92 Å². The van der Waals surface area contributed by atoms with Crippen molar-refractivity contribution in [2.45, 2.75) is 37.8 Å². The molecule has 1 aromatic heterocycles. The molecule has 0 radical (unpaired) electrons. The highest BCUT2D eigenvalue weighted by molar-refractivity contribution is 7.89. The Morgan fingerprint density at radius 2 is 2.03 bits per heavy atom. The smallest absolute Gasteiger partial charge is 0.246 e. The molecule has 1 aliphatic heterocycles. The molecule has 1 aromatic carbocycles. The number of hydrogen-bond donors (Lipinski definition) is 2. The third-order valence-electron chi connectivity index (χ3n) is 4.91. The van der Waals surface area contributed by atoms with Gasteiger partial charge in [-0.3, -0.25) is 9.89 Å². The average Bonchev–Trinajstić information content (AvgIpc) is 3.07. The largest absolute Gasteiger partial charge is 0.349 e. The summed E-state index contributed by atoms with van der Waals surface area (Å²) in [4.78, 5) is 11.7. The molecule has 12 heteroatoms. The van der Waals surface area contributed by atoms with Gasteiger partial charge >= 0.3 is 0 Å². The number of carbonyl (C=O) groups excluding carboxylic acids is 1. The van der Waals surface area contributed by atoms with Crippen molar-refractivity contribution in [3.05, 3.63) is 40.4 Å². The van der Waals surface area contributed by atoms with Crippen molar-refractivity contribution in [1.82, 2.24) is 24.4 Å². The number of rotatable bonds is 6. The number of sulfonamides is 1. The number of H-pyrrole nitrogens is 1. The van der Waals surface area contributed by atoms with E-state index >= 15 is 0 Å². The van der Waals surface area contributed by atoms with E-state index in [1.165, 1.54) is 0 Å². The van der Waals surface area contributed by atoms with E-state index in [-0.39, 0.29) is 44.3 Å². The van der Waals surface area contributed by atoms with Crippen molar-refractivity contribution in [3.63, 3.8) is 0 Å². The molecule has 8 nitrogen and oxygen atoms in total. The zero-order valence-electron chi connectivity index (χ0n) is 15.7. The van der Waals surface area contributed by atoms with Gasteiger partial charge in [0, 0.05) is 25.6 Å². The number of aromatic nitrogens is 3. The molecule has 1 fully saturated rings. The topological polar surface area (TPSA) is 100 Å². The molecular formula is C17H21F2N5O3S2. The zero-order valence-corrected chi connectivity index (χ0v) is 17.3. The Balaban J connectivity index is 1.60. The molecule has 3 rings (SSSR count). The van der Waals surface area contributed by atoms with Gasteiger partial charge in [0.15, 0.2) is 10.6 Å². The second kappa shape index (κ2) is 8.67. The first kappa shape index (κ1) is 21.5. The van der Waals surface area contributed by atoms with E-state index in [1.54, 1.807) is 4.57 Å². The minimum atomic E-state index is -4.17. The lowest BCUT2D eigenvalue weighted by molar-refractivity contribution is -0.126. The molecule has 29 heavy (non-hydrogen) atoms. The van der Waals surface area contributed by atoms with Crippen LogP contribution in [0.4, 0.5) is 8.78 Å². The van der Waals surface area contributed by atoms with Crippen LogP contribution in [0.5, 0.6) is 0 Å². The number of benzene rings is 1. The zero-order chi connectivity index (χ0) is 21.2. The van der Waals surface area contributed by atoms with Gasteiger partial charge in [0.25, 0.3) is 0 Å². The molecule has 1 aliphatic rings. The van der Waals surface area contributed by atoms with Gasteiger partial charge in [0.1, 0.15) is 16.5 Å². The summed E-state index contributed by atoms with van der Waals surface area (Å²) >= 11 is 5.10. The molecule has 2 N–H and O–H groups in total. The maximum atomic E-state index is 13.9. The van der Waals surface area contributed by atoms with E-state index in [4.69, 9.17) is 12.2 Å². The molecule has 1 saturated heterocycles. The van der Waals surface area contributed by atoms with Crippen LogP contribution >= 0.6 is 12.2 Å². The molecule has 0 spiro atoms. The summed E-state index contributed by atoms with van der Waals surface area (Å²) < 4.78 is 55.8. The van der Waals surface area contributed by atoms with Gasteiger partial charge in [-0.1, -0.05) is 0 Å². The SMILES string of the molecule is CCn1c(CNC(=O)C2CCN(S(=O)(=O)c3cc(F)ccc3F)CC2)n[nH]c1=S. The van der Waals surface area contributed by atoms with Crippen molar-refractivity contribution in [2.75, 3.05) is 13.1 Å². The number of halogens is 2. The molecule has 0 bridgehead atoms. The normalized spacial score (nSPS) is 16.1. The fourth-order valence-corrected chi connectivity index (χ4v) is 5.12. The number of nitrogens with one attached hydrogen (secondary N) is 2. The molecule has 0 aliphatic carbocycles. The summed E-state index contributed by atoms with van der Waals surface area (Å²) in [6, 6.07) is 2.32. The predicted molar refractivity (Wildman–Crippen MR) is 103 cm³/mol. The lowest BCUT2D eigenvalue weighted by Crippen LogP contribution is -2.43. The van der Waals surface area contributed by atoms with Crippen molar-refractivity contribution >= 4 is 28.1 Å². The molecular weight excluding hydrogens is 424 g/mol. The molecule has 0 atom stereocenters. The first-order valence-electron chi connectivity index (χ1n) is 9.11. The van der Waals surface area contributed by atoms with Crippen LogP contribution in [0.2, 0.25) is 0 Å². The lowest BCUT2D eigenvalue weighted by Gasteiger charge is -2.30. The summed E-state index contributed by atoms with van der Waals surface area (Å²) in [6.45, 7) is 2.82. The van der Waals surface area contributed by atoms with Crippen LogP contribution < -0.4 is 5.32 Å². The summed E-state index contributed by atoms with van der Waals surface area (Å²) in [6.07, 6.45) is 0.561.